The van der Waals surface area contributed by atoms with Crippen LogP contribution in [0.3, 0.4) is 0 Å². The van der Waals surface area contributed by atoms with E-state index in [2.05, 4.69) is 15.3 Å². The number of aryl methyl sites for hydroxylation is 1. The number of hydrogen-bond acceptors (Lipinski definition) is 3. The summed E-state index contributed by atoms with van der Waals surface area (Å²) < 4.78 is 1.71. The number of nitrogens with zero attached hydrogens (tertiary/aromatic N) is 3. The maximum atomic E-state index is 12.5. The second-order valence-electron chi connectivity index (χ2n) is 5.47. The van der Waals surface area contributed by atoms with Crippen molar-refractivity contribution in [1.82, 2.24) is 20.0 Å². The molecule has 112 valence electrons. The molecule has 0 fully saturated rings. The molecule has 0 aliphatic carbocycles. The van der Waals surface area contributed by atoms with Crippen molar-refractivity contribution >= 4 is 5.91 Å². The molecule has 0 radical (unpaired) electrons. The van der Waals surface area contributed by atoms with Crippen LogP contribution in [0.5, 0.6) is 0 Å². The maximum Gasteiger partial charge on any atom is 0.255 e. The first-order chi connectivity index (χ1) is 9.99. The summed E-state index contributed by atoms with van der Waals surface area (Å²) in [5.41, 5.74) is 2.59. The van der Waals surface area contributed by atoms with Crippen LogP contribution in [0.1, 0.15) is 27.7 Å². The van der Waals surface area contributed by atoms with Crippen molar-refractivity contribution in [2.24, 2.45) is 7.05 Å². The van der Waals surface area contributed by atoms with Gasteiger partial charge in [-0.2, -0.15) is 5.10 Å². The quantitative estimate of drug-likeness (QED) is 0.911. The number of carbonyl (C=O) groups excluding carboxylic acids is 1. The van der Waals surface area contributed by atoms with Gasteiger partial charge in [-0.3, -0.25) is 9.48 Å². The number of likely N-dealkylation sites (N-methyl/N-ethyl adjacent to an activating group) is 1. The summed E-state index contributed by atoms with van der Waals surface area (Å²) in [6, 6.07) is 9.96. The highest BCUT2D eigenvalue weighted by atomic mass is 16.1. The first-order valence-electron chi connectivity index (χ1n) is 6.98. The standard InChI is InChI=1S/C16H22N4O/c1-12-14(10-17-20(12)4)16(21)18-15(11-19(2)3)13-8-6-5-7-9-13/h5-10,15H,11H2,1-4H3,(H,18,21). The highest BCUT2D eigenvalue weighted by Gasteiger charge is 2.19. The van der Waals surface area contributed by atoms with E-state index in [9.17, 15) is 4.79 Å². The lowest BCUT2D eigenvalue weighted by Gasteiger charge is -2.22. The van der Waals surface area contributed by atoms with Gasteiger partial charge in [0.05, 0.1) is 17.8 Å². The number of carbonyl (C=O) groups is 1. The van der Waals surface area contributed by atoms with Gasteiger partial charge in [0.25, 0.3) is 5.91 Å². The second-order valence-corrected chi connectivity index (χ2v) is 5.47. The molecule has 0 saturated carbocycles. The van der Waals surface area contributed by atoms with Crippen molar-refractivity contribution in [3.8, 4) is 0 Å². The number of nitrogens with one attached hydrogen (secondary N) is 1. The molecule has 1 atom stereocenters. The highest BCUT2D eigenvalue weighted by Crippen LogP contribution is 2.15. The van der Waals surface area contributed by atoms with Crippen LogP contribution in [0.25, 0.3) is 0 Å². The number of rotatable bonds is 5. The smallest absolute Gasteiger partial charge is 0.255 e. The van der Waals surface area contributed by atoms with Crippen LogP contribution in [0.4, 0.5) is 0 Å². The van der Waals surface area contributed by atoms with Crippen molar-refractivity contribution in [2.45, 2.75) is 13.0 Å². The van der Waals surface area contributed by atoms with Gasteiger partial charge < -0.3 is 10.2 Å². The molecule has 1 heterocycles. The number of benzene rings is 1. The van der Waals surface area contributed by atoms with E-state index in [1.807, 2.05) is 58.4 Å². The first-order valence-corrected chi connectivity index (χ1v) is 6.98. The Morgan fingerprint density at radius 2 is 2.00 bits per heavy atom. The molecule has 0 saturated heterocycles. The molecule has 1 aromatic carbocycles. The SMILES string of the molecule is Cc1c(C(=O)NC(CN(C)C)c2ccccc2)cnn1C. The Balaban J connectivity index is 2.19. The Hall–Kier alpha value is -2.14. The monoisotopic (exact) mass is 286 g/mol. The lowest BCUT2D eigenvalue weighted by Crippen LogP contribution is -2.35. The summed E-state index contributed by atoms with van der Waals surface area (Å²) in [7, 11) is 5.83. The largest absolute Gasteiger partial charge is 0.344 e. The zero-order valence-electron chi connectivity index (χ0n) is 13.0. The normalized spacial score (nSPS) is 12.4. The molecule has 0 bridgehead atoms. The summed E-state index contributed by atoms with van der Waals surface area (Å²) in [6.07, 6.45) is 1.61. The van der Waals surface area contributed by atoms with Crippen LogP contribution in [-0.4, -0.2) is 41.2 Å². The van der Waals surface area contributed by atoms with Crippen LogP contribution in [-0.2, 0) is 7.05 Å². The van der Waals surface area contributed by atoms with Crippen LogP contribution in [0, 0.1) is 6.92 Å². The molecule has 0 spiro atoms. The lowest BCUT2D eigenvalue weighted by atomic mass is 10.1. The van der Waals surface area contributed by atoms with Crippen LogP contribution in [0.15, 0.2) is 36.5 Å². The third kappa shape index (κ3) is 3.70. The van der Waals surface area contributed by atoms with Crippen LogP contribution in [0.2, 0.25) is 0 Å². The Morgan fingerprint density at radius 1 is 1.33 bits per heavy atom. The van der Waals surface area contributed by atoms with Gasteiger partial charge in [-0.15, -0.1) is 0 Å². The average molecular weight is 286 g/mol. The van der Waals surface area contributed by atoms with Crippen molar-refractivity contribution in [3.05, 3.63) is 53.3 Å². The van der Waals surface area contributed by atoms with E-state index >= 15 is 0 Å². The fourth-order valence-corrected chi connectivity index (χ4v) is 2.24. The molecule has 5 heteroatoms. The molecule has 2 aromatic rings. The van der Waals surface area contributed by atoms with E-state index in [1.165, 1.54) is 0 Å². The fraction of sp³-hybridized carbons (Fsp3) is 0.375. The molecule has 0 aliphatic heterocycles. The number of hydrogen-bond donors (Lipinski definition) is 1. The Kier molecular flexibility index (Phi) is 4.75. The molecule has 2 rings (SSSR count). The van der Waals surface area contributed by atoms with E-state index in [-0.39, 0.29) is 11.9 Å². The predicted molar refractivity (Wildman–Crippen MR) is 83.1 cm³/mol. The zero-order valence-corrected chi connectivity index (χ0v) is 13.0. The molecular formula is C16H22N4O. The van der Waals surface area contributed by atoms with Crippen molar-refractivity contribution in [2.75, 3.05) is 20.6 Å². The van der Waals surface area contributed by atoms with Crippen molar-refractivity contribution in [1.29, 1.82) is 0 Å². The summed E-state index contributed by atoms with van der Waals surface area (Å²) in [6.45, 7) is 2.64. The van der Waals surface area contributed by atoms with Gasteiger partial charge in [0.2, 0.25) is 0 Å². The first kappa shape index (κ1) is 15.3. The highest BCUT2D eigenvalue weighted by molar-refractivity contribution is 5.95. The van der Waals surface area contributed by atoms with E-state index in [0.717, 1.165) is 17.8 Å². The van der Waals surface area contributed by atoms with Gasteiger partial charge in [-0.1, -0.05) is 30.3 Å². The van der Waals surface area contributed by atoms with Gasteiger partial charge in [0, 0.05) is 19.3 Å². The summed E-state index contributed by atoms with van der Waals surface area (Å²) in [4.78, 5) is 14.5. The van der Waals surface area contributed by atoms with Gasteiger partial charge in [-0.25, -0.2) is 0 Å². The Labute approximate surface area is 125 Å². The summed E-state index contributed by atoms with van der Waals surface area (Å²) in [5, 5.41) is 7.22. The second kappa shape index (κ2) is 6.54. The molecule has 21 heavy (non-hydrogen) atoms. The van der Waals surface area contributed by atoms with Crippen molar-refractivity contribution < 1.29 is 4.79 Å². The van der Waals surface area contributed by atoms with Crippen molar-refractivity contribution in [3.63, 3.8) is 0 Å². The minimum Gasteiger partial charge on any atom is -0.344 e. The van der Waals surface area contributed by atoms with Gasteiger partial charge in [0.1, 0.15) is 0 Å². The van der Waals surface area contributed by atoms with Crippen LogP contribution >= 0.6 is 0 Å². The third-order valence-electron chi connectivity index (χ3n) is 3.53. The molecule has 1 aromatic heterocycles. The molecule has 1 unspecified atom stereocenters. The fourth-order valence-electron chi connectivity index (χ4n) is 2.24. The van der Waals surface area contributed by atoms with E-state index in [1.54, 1.807) is 10.9 Å². The van der Waals surface area contributed by atoms with Gasteiger partial charge >= 0.3 is 0 Å². The topological polar surface area (TPSA) is 50.2 Å². The molecular weight excluding hydrogens is 264 g/mol. The lowest BCUT2D eigenvalue weighted by molar-refractivity contribution is 0.0929. The molecule has 1 N–H and O–H groups in total. The average Bonchev–Trinajstić information content (AvgIpc) is 2.79. The van der Waals surface area contributed by atoms with E-state index in [0.29, 0.717) is 5.56 Å². The molecule has 5 nitrogen and oxygen atoms in total. The minimum atomic E-state index is -0.0868. The van der Waals surface area contributed by atoms with E-state index in [4.69, 9.17) is 0 Å². The number of amides is 1. The minimum absolute atomic E-state index is 0.0479. The van der Waals surface area contributed by atoms with Crippen LogP contribution < -0.4 is 5.32 Å². The Bertz CT molecular complexity index is 604. The number of aromatic nitrogens is 2. The molecule has 0 aliphatic rings. The summed E-state index contributed by atoms with van der Waals surface area (Å²) in [5.74, 6) is -0.0868. The Morgan fingerprint density at radius 3 is 2.52 bits per heavy atom. The predicted octanol–water partition coefficient (Wildman–Crippen LogP) is 1.76. The van der Waals surface area contributed by atoms with Gasteiger partial charge in [0.15, 0.2) is 0 Å². The van der Waals surface area contributed by atoms with Gasteiger partial charge in [-0.05, 0) is 26.6 Å². The zero-order chi connectivity index (χ0) is 15.4. The molecule has 1 amide bonds. The third-order valence-corrected chi connectivity index (χ3v) is 3.53. The van der Waals surface area contributed by atoms with E-state index < -0.39 is 0 Å². The summed E-state index contributed by atoms with van der Waals surface area (Å²) >= 11 is 0. The maximum absolute atomic E-state index is 12.5.